The van der Waals surface area contributed by atoms with Crippen LogP contribution in [-0.4, -0.2) is 154 Å². The molecule has 13 nitrogen and oxygen atoms in total. The van der Waals surface area contributed by atoms with E-state index < -0.39 is 67.9 Å². The lowest BCUT2D eigenvalue weighted by Crippen LogP contribution is -2.41. The van der Waals surface area contributed by atoms with E-state index in [0.29, 0.717) is 12.8 Å². The smallest absolute Gasteiger partial charge is 0.0629 e. The highest BCUT2D eigenvalue weighted by Gasteiger charge is 2.32. The van der Waals surface area contributed by atoms with Crippen molar-refractivity contribution in [3.05, 3.63) is 0 Å². The Morgan fingerprint density at radius 3 is 0.714 bits per heavy atom. The summed E-state index contributed by atoms with van der Waals surface area (Å²) in [5.41, 5.74) is -3.57. The zero-order valence-electron chi connectivity index (χ0n) is 21.1. The van der Waals surface area contributed by atoms with E-state index in [9.17, 15) is 10.2 Å². The summed E-state index contributed by atoms with van der Waals surface area (Å²) in [4.78, 5) is 0. The second kappa shape index (κ2) is 21.6. The van der Waals surface area contributed by atoms with Gasteiger partial charge in [-0.1, -0.05) is 13.8 Å². The van der Waals surface area contributed by atoms with Crippen LogP contribution in [0.15, 0.2) is 0 Å². The second-order valence-corrected chi connectivity index (χ2v) is 9.10. The quantitative estimate of drug-likeness (QED) is 0.0814. The molecule has 0 atom stereocenters. The molecule has 35 heavy (non-hydrogen) atoms. The average molecular weight is 523 g/mol. The van der Waals surface area contributed by atoms with E-state index in [1.165, 1.54) is 0 Å². The fraction of sp³-hybridized carbons (Fsp3) is 1.00. The molecule has 216 valence electrons. The number of aliphatic hydroxyl groups is 12. The van der Waals surface area contributed by atoms with E-state index in [2.05, 4.69) is 0 Å². The molecule has 12 N–H and O–H groups in total. The van der Waals surface area contributed by atoms with Crippen LogP contribution in [0.25, 0.3) is 0 Å². The lowest BCUT2D eigenvalue weighted by molar-refractivity contribution is -0.0921. The number of hydrogen-bond acceptors (Lipinski definition) is 13. The molecule has 0 unspecified atom stereocenters. The fourth-order valence-electron chi connectivity index (χ4n) is 2.02. The Morgan fingerprint density at radius 2 is 0.571 bits per heavy atom. The van der Waals surface area contributed by atoms with Gasteiger partial charge >= 0.3 is 0 Å². The van der Waals surface area contributed by atoms with E-state index in [4.69, 9.17) is 55.8 Å². The van der Waals surface area contributed by atoms with Gasteiger partial charge in [-0.2, -0.15) is 0 Å². The maximum Gasteiger partial charge on any atom is 0.0629 e. The first-order valence-electron chi connectivity index (χ1n) is 11.4. The SMILES string of the molecule is CCC(CO)(CO)CO.CCC(CO)(CO)COCC(CO)(CO)CO.OCC(CO)(CO)CO. The number of rotatable bonds is 18. The van der Waals surface area contributed by atoms with Crippen LogP contribution in [0.2, 0.25) is 0 Å². The molecule has 0 aromatic carbocycles. The minimum absolute atomic E-state index is 0.0295. The third-order valence-corrected chi connectivity index (χ3v) is 6.34. The predicted octanol–water partition coefficient (Wildman–Crippen LogP) is -4.35. The molecule has 0 aromatic heterocycles. The van der Waals surface area contributed by atoms with Crippen LogP contribution in [0.3, 0.4) is 0 Å². The van der Waals surface area contributed by atoms with Crippen LogP contribution in [0.1, 0.15) is 26.7 Å². The summed E-state index contributed by atoms with van der Waals surface area (Å²) in [6.45, 7) is 0.0523. The Labute approximate surface area is 207 Å². The minimum atomic E-state index is -1.11. The average Bonchev–Trinajstić information content (AvgIpc) is 2.94. The van der Waals surface area contributed by atoms with Crippen LogP contribution in [-0.2, 0) is 4.74 Å². The second-order valence-electron chi connectivity index (χ2n) is 9.10. The van der Waals surface area contributed by atoms with Crippen molar-refractivity contribution >= 4 is 0 Å². The molecule has 0 fully saturated rings. The van der Waals surface area contributed by atoms with Gasteiger partial charge in [-0.15, -0.1) is 0 Å². The maximum atomic E-state index is 9.19. The molecular formula is C22H50O13. The zero-order valence-corrected chi connectivity index (χ0v) is 21.1. The zero-order chi connectivity index (χ0) is 28.0. The molecule has 0 radical (unpaired) electrons. The lowest BCUT2D eigenvalue weighted by atomic mass is 9.87. The van der Waals surface area contributed by atoms with Crippen LogP contribution >= 0.6 is 0 Å². The van der Waals surface area contributed by atoms with E-state index in [0.717, 1.165) is 0 Å². The Kier molecular flexibility index (Phi) is 24.0. The molecule has 0 saturated heterocycles. The van der Waals surface area contributed by atoms with Crippen molar-refractivity contribution in [2.45, 2.75) is 26.7 Å². The molecular weight excluding hydrogens is 472 g/mol. The molecule has 0 heterocycles. The summed E-state index contributed by atoms with van der Waals surface area (Å²) in [7, 11) is 0. The maximum absolute atomic E-state index is 9.19. The Bertz CT molecular complexity index is 357. The topological polar surface area (TPSA) is 252 Å². The van der Waals surface area contributed by atoms with E-state index in [1.54, 1.807) is 0 Å². The van der Waals surface area contributed by atoms with Crippen molar-refractivity contribution in [3.8, 4) is 0 Å². The molecule has 0 aliphatic carbocycles. The van der Waals surface area contributed by atoms with E-state index in [-0.39, 0.29) is 46.2 Å². The molecule has 0 aromatic rings. The Morgan fingerprint density at radius 1 is 0.343 bits per heavy atom. The van der Waals surface area contributed by atoms with E-state index >= 15 is 0 Å². The van der Waals surface area contributed by atoms with Crippen LogP contribution in [0.4, 0.5) is 0 Å². The van der Waals surface area contributed by atoms with Gasteiger partial charge in [0.2, 0.25) is 0 Å². The predicted molar refractivity (Wildman–Crippen MR) is 126 cm³/mol. The minimum Gasteiger partial charge on any atom is -0.396 e. The Hall–Kier alpha value is -0.520. The molecule has 0 aliphatic heterocycles. The first-order valence-corrected chi connectivity index (χ1v) is 11.4. The highest BCUT2D eigenvalue weighted by atomic mass is 16.5. The summed E-state index contributed by atoms with van der Waals surface area (Å²) in [5.74, 6) is 0. The summed E-state index contributed by atoms with van der Waals surface area (Å²) in [5, 5.41) is 106. The highest BCUT2D eigenvalue weighted by Crippen LogP contribution is 2.23. The number of aliphatic hydroxyl groups excluding tert-OH is 12. The highest BCUT2D eigenvalue weighted by molar-refractivity contribution is 4.80. The van der Waals surface area contributed by atoms with Crippen molar-refractivity contribution in [2.75, 3.05) is 92.5 Å². The van der Waals surface area contributed by atoms with Gasteiger partial charge in [0.25, 0.3) is 0 Å². The number of ether oxygens (including phenoxy) is 1. The normalized spacial score (nSPS) is 12.5. The van der Waals surface area contributed by atoms with Crippen molar-refractivity contribution in [1.29, 1.82) is 0 Å². The molecule has 0 rings (SSSR count). The van der Waals surface area contributed by atoms with Crippen LogP contribution < -0.4 is 0 Å². The molecule has 0 amide bonds. The lowest BCUT2D eigenvalue weighted by Gasteiger charge is -2.32. The molecule has 0 spiro atoms. The fourth-order valence-corrected chi connectivity index (χ4v) is 2.02. The van der Waals surface area contributed by atoms with Gasteiger partial charge in [0.1, 0.15) is 0 Å². The van der Waals surface area contributed by atoms with Gasteiger partial charge in [0.15, 0.2) is 0 Å². The van der Waals surface area contributed by atoms with Gasteiger partial charge in [-0.3, -0.25) is 0 Å². The summed E-state index contributed by atoms with van der Waals surface area (Å²) < 4.78 is 5.31. The van der Waals surface area contributed by atoms with Crippen LogP contribution in [0.5, 0.6) is 0 Å². The first kappa shape index (κ1) is 39.0. The van der Waals surface area contributed by atoms with E-state index in [1.807, 2.05) is 13.8 Å². The van der Waals surface area contributed by atoms with Gasteiger partial charge in [-0.25, -0.2) is 0 Å². The summed E-state index contributed by atoms with van der Waals surface area (Å²) in [6.07, 6.45) is 1.14. The van der Waals surface area contributed by atoms with Crippen molar-refractivity contribution in [3.63, 3.8) is 0 Å². The molecule has 0 bridgehead atoms. The van der Waals surface area contributed by atoms with Gasteiger partial charge in [-0.05, 0) is 12.8 Å². The first-order chi connectivity index (χ1) is 16.6. The third-order valence-electron chi connectivity index (χ3n) is 6.34. The van der Waals surface area contributed by atoms with Crippen molar-refractivity contribution in [1.82, 2.24) is 0 Å². The summed E-state index contributed by atoms with van der Waals surface area (Å²) >= 11 is 0. The Balaban J connectivity index is -0.000000481. The van der Waals surface area contributed by atoms with Crippen molar-refractivity contribution in [2.24, 2.45) is 21.7 Å². The monoisotopic (exact) mass is 522 g/mol. The van der Waals surface area contributed by atoms with Crippen molar-refractivity contribution < 1.29 is 66.0 Å². The summed E-state index contributed by atoms with van der Waals surface area (Å²) in [6, 6.07) is 0. The standard InChI is InChI=1S/C11H24O6.C6H14O3.C5H12O4/c1-2-10(3-12,4-13)8-17-9-11(5-14,6-15)7-16;1-2-6(3-7,4-8)5-9;6-1-5(2-7,3-8)4-9/h12-16H,2-9H2,1H3;7-9H,2-5H2,1H3;6-9H,1-4H2. The van der Waals surface area contributed by atoms with Crippen LogP contribution in [0, 0.1) is 21.7 Å². The van der Waals surface area contributed by atoms with Gasteiger partial charge in [0, 0.05) is 10.8 Å². The molecule has 0 saturated carbocycles. The molecule has 13 heteroatoms. The third kappa shape index (κ3) is 13.6. The van der Waals surface area contributed by atoms with Gasteiger partial charge in [0.05, 0.1) is 103 Å². The molecule has 0 aliphatic rings. The van der Waals surface area contributed by atoms with Gasteiger partial charge < -0.3 is 66.0 Å². The number of hydrogen-bond donors (Lipinski definition) is 12. The largest absolute Gasteiger partial charge is 0.396 e.